The highest BCUT2D eigenvalue weighted by Crippen LogP contribution is 2.03. The van der Waals surface area contributed by atoms with Crippen LogP contribution in [0.2, 0.25) is 0 Å². The van der Waals surface area contributed by atoms with E-state index in [2.05, 4.69) is 10.6 Å². The van der Waals surface area contributed by atoms with Crippen molar-refractivity contribution in [1.82, 2.24) is 10.6 Å². The predicted molar refractivity (Wildman–Crippen MR) is 79.8 cm³/mol. The monoisotopic (exact) mass is 306 g/mol. The van der Waals surface area contributed by atoms with Gasteiger partial charge in [-0.25, -0.2) is 0 Å². The Balaban J connectivity index is 3.36. The van der Waals surface area contributed by atoms with Gasteiger partial charge in [0.15, 0.2) is 0 Å². The van der Waals surface area contributed by atoms with Crippen molar-refractivity contribution in [1.29, 1.82) is 0 Å². The zero-order valence-electron chi connectivity index (χ0n) is 12.8. The third kappa shape index (κ3) is 12.7. The molecule has 0 saturated heterocycles. The van der Waals surface area contributed by atoms with Crippen LogP contribution in [0.4, 0.5) is 0 Å². The van der Waals surface area contributed by atoms with Gasteiger partial charge in [0.1, 0.15) is 13.0 Å². The molecule has 0 saturated carbocycles. The average Bonchev–Trinajstić information content (AvgIpc) is 2.46. The molecule has 0 spiro atoms. The van der Waals surface area contributed by atoms with Crippen molar-refractivity contribution in [2.45, 2.75) is 51.3 Å². The molecule has 0 aromatic carbocycles. The maximum atomic E-state index is 11.0. The van der Waals surface area contributed by atoms with Crippen molar-refractivity contribution >= 4 is 5.91 Å². The molecule has 7 N–H and O–H groups in total. The lowest BCUT2D eigenvalue weighted by molar-refractivity contribution is -0.121. The molecule has 0 bridgehead atoms. The summed E-state index contributed by atoms with van der Waals surface area (Å²) in [5.41, 5.74) is 10.3. The normalized spacial score (nSPS) is 14.0. The van der Waals surface area contributed by atoms with E-state index < -0.39 is 18.2 Å². The molecule has 0 radical (unpaired) electrons. The molecule has 0 aliphatic heterocycles. The Hall–Kier alpha value is -0.770. The Labute approximate surface area is 126 Å². The van der Waals surface area contributed by atoms with E-state index in [1.165, 1.54) is 0 Å². The number of carbonyl (C=O) groups excluding carboxylic acids is 1. The van der Waals surface area contributed by atoms with Gasteiger partial charge in [-0.2, -0.15) is 0 Å². The van der Waals surface area contributed by atoms with Crippen LogP contribution in [0.5, 0.6) is 0 Å². The first-order valence-corrected chi connectivity index (χ1v) is 7.41. The van der Waals surface area contributed by atoms with Crippen LogP contribution >= 0.6 is 0 Å². The summed E-state index contributed by atoms with van der Waals surface area (Å²) in [6.45, 7) is 3.47. The topological polar surface area (TPSA) is 132 Å². The molecule has 0 aromatic rings. The highest BCUT2D eigenvalue weighted by atomic mass is 16.7. The predicted octanol–water partition coefficient (Wildman–Crippen LogP) is -0.827. The second kappa shape index (κ2) is 14.2. The third-order valence-corrected chi connectivity index (χ3v) is 2.97. The van der Waals surface area contributed by atoms with Crippen LogP contribution in [-0.4, -0.2) is 50.1 Å². The standard InChI is InChI=1S/C13H30N4O4/c1-2-11(13(15)19)17-12(18)6-4-3-5-7-16-9-21-10-20-8-14/h11-12,16-18H,2-10,14H2,1H3,(H2,15,19)/t11-,12+/m1/s1. The maximum absolute atomic E-state index is 11.0. The minimum atomic E-state index is -0.688. The third-order valence-electron chi connectivity index (χ3n) is 2.97. The summed E-state index contributed by atoms with van der Waals surface area (Å²) in [7, 11) is 0. The van der Waals surface area contributed by atoms with Gasteiger partial charge >= 0.3 is 0 Å². The number of aliphatic hydroxyl groups is 1. The first-order chi connectivity index (χ1) is 10.1. The van der Waals surface area contributed by atoms with Gasteiger partial charge in [-0.3, -0.25) is 15.4 Å². The molecule has 0 heterocycles. The van der Waals surface area contributed by atoms with Crippen molar-refractivity contribution in [3.8, 4) is 0 Å². The smallest absolute Gasteiger partial charge is 0.234 e. The van der Waals surface area contributed by atoms with Crippen molar-refractivity contribution in [2.24, 2.45) is 11.5 Å². The first kappa shape index (κ1) is 20.2. The average molecular weight is 306 g/mol. The molecule has 2 atom stereocenters. The summed E-state index contributed by atoms with van der Waals surface area (Å²) < 4.78 is 9.90. The fourth-order valence-electron chi connectivity index (χ4n) is 1.77. The molecule has 0 rings (SSSR count). The van der Waals surface area contributed by atoms with Crippen LogP contribution in [0.15, 0.2) is 0 Å². The van der Waals surface area contributed by atoms with Gasteiger partial charge in [-0.05, 0) is 32.2 Å². The van der Waals surface area contributed by atoms with E-state index in [4.69, 9.17) is 20.9 Å². The molecule has 0 fully saturated rings. The summed E-state index contributed by atoms with van der Waals surface area (Å²) in [6, 6.07) is -0.463. The van der Waals surface area contributed by atoms with Gasteiger partial charge in [0.05, 0.1) is 19.5 Å². The highest BCUT2D eigenvalue weighted by Gasteiger charge is 2.15. The van der Waals surface area contributed by atoms with Crippen molar-refractivity contribution in [2.75, 3.05) is 26.8 Å². The maximum Gasteiger partial charge on any atom is 0.234 e. The van der Waals surface area contributed by atoms with Gasteiger partial charge in [0.2, 0.25) is 5.91 Å². The second-order valence-electron chi connectivity index (χ2n) is 4.73. The van der Waals surface area contributed by atoms with Crippen LogP contribution in [0.3, 0.4) is 0 Å². The number of hydrogen-bond donors (Lipinski definition) is 5. The number of carbonyl (C=O) groups is 1. The molecule has 126 valence electrons. The Bertz CT molecular complexity index is 256. The summed E-state index contributed by atoms with van der Waals surface area (Å²) in [5.74, 6) is -0.431. The lowest BCUT2D eigenvalue weighted by atomic mass is 10.1. The number of unbranched alkanes of at least 4 members (excludes halogenated alkanes) is 2. The molecule has 0 aromatic heterocycles. The molecule has 8 nitrogen and oxygen atoms in total. The number of rotatable bonds is 15. The van der Waals surface area contributed by atoms with Gasteiger partial charge < -0.3 is 26.0 Å². The summed E-state index contributed by atoms with van der Waals surface area (Å²) >= 11 is 0. The van der Waals surface area contributed by atoms with Crippen molar-refractivity contribution < 1.29 is 19.4 Å². The number of primary amides is 1. The van der Waals surface area contributed by atoms with Gasteiger partial charge in [-0.1, -0.05) is 13.3 Å². The molecule has 1 amide bonds. The largest absolute Gasteiger partial charge is 0.379 e. The van der Waals surface area contributed by atoms with Crippen molar-refractivity contribution in [3.63, 3.8) is 0 Å². The minimum absolute atomic E-state index is 0.158. The lowest BCUT2D eigenvalue weighted by Gasteiger charge is -2.18. The first-order valence-electron chi connectivity index (χ1n) is 7.41. The van der Waals surface area contributed by atoms with Crippen molar-refractivity contribution in [3.05, 3.63) is 0 Å². The SMILES string of the molecule is CC[C@@H](N[C@@H](O)CCCCCNCOCOCN)C(N)=O. The number of ether oxygens (including phenoxy) is 2. The van der Waals surface area contributed by atoms with Gasteiger partial charge in [-0.15, -0.1) is 0 Å². The van der Waals surface area contributed by atoms with E-state index >= 15 is 0 Å². The number of hydrogen-bond acceptors (Lipinski definition) is 7. The zero-order valence-corrected chi connectivity index (χ0v) is 12.8. The van der Waals surface area contributed by atoms with Crippen LogP contribution < -0.4 is 22.1 Å². The van der Waals surface area contributed by atoms with E-state index in [-0.39, 0.29) is 13.5 Å². The highest BCUT2D eigenvalue weighted by molar-refractivity contribution is 5.79. The fraction of sp³-hybridized carbons (Fsp3) is 0.923. The quantitative estimate of drug-likeness (QED) is 0.197. The molecular formula is C13H30N4O4. The Morgan fingerprint density at radius 3 is 2.67 bits per heavy atom. The van der Waals surface area contributed by atoms with Gasteiger partial charge in [0, 0.05) is 0 Å². The van der Waals surface area contributed by atoms with E-state index in [9.17, 15) is 9.90 Å². The molecule has 0 aliphatic rings. The minimum Gasteiger partial charge on any atom is -0.379 e. The van der Waals surface area contributed by atoms with Gasteiger partial charge in [0.25, 0.3) is 0 Å². The number of aliphatic hydroxyl groups excluding tert-OH is 1. The number of nitrogens with one attached hydrogen (secondary N) is 2. The zero-order chi connectivity index (χ0) is 15.9. The van der Waals surface area contributed by atoms with E-state index in [1.54, 1.807) is 0 Å². The summed E-state index contributed by atoms with van der Waals surface area (Å²) in [6.07, 6.45) is 3.34. The molecule has 8 heteroatoms. The number of amides is 1. The van der Waals surface area contributed by atoms with Crippen LogP contribution in [0.1, 0.15) is 39.0 Å². The summed E-state index contributed by atoms with van der Waals surface area (Å²) in [4.78, 5) is 11.0. The Morgan fingerprint density at radius 1 is 1.29 bits per heavy atom. The van der Waals surface area contributed by atoms with Crippen LogP contribution in [-0.2, 0) is 14.3 Å². The second-order valence-corrected chi connectivity index (χ2v) is 4.73. The molecular weight excluding hydrogens is 276 g/mol. The van der Waals surface area contributed by atoms with Crippen LogP contribution in [0.25, 0.3) is 0 Å². The lowest BCUT2D eigenvalue weighted by Crippen LogP contribution is -2.46. The molecule has 0 aliphatic carbocycles. The molecule has 0 unspecified atom stereocenters. The Kier molecular flexibility index (Phi) is 13.7. The van der Waals surface area contributed by atoms with E-state index in [0.29, 0.717) is 19.6 Å². The summed E-state index contributed by atoms with van der Waals surface area (Å²) in [5, 5.41) is 15.7. The fourth-order valence-corrected chi connectivity index (χ4v) is 1.77. The number of nitrogens with two attached hydrogens (primary N) is 2. The Morgan fingerprint density at radius 2 is 2.05 bits per heavy atom. The molecule has 21 heavy (non-hydrogen) atoms. The van der Waals surface area contributed by atoms with E-state index in [1.807, 2.05) is 6.92 Å². The van der Waals surface area contributed by atoms with Crippen LogP contribution in [0, 0.1) is 0 Å². The van der Waals surface area contributed by atoms with E-state index in [0.717, 1.165) is 25.8 Å².